The Hall–Kier alpha value is -3.12. The minimum atomic E-state index is -0.0981. The Labute approximate surface area is 158 Å². The second-order valence-corrected chi connectivity index (χ2v) is 6.55. The normalized spacial score (nSPS) is 16.9. The van der Waals surface area contributed by atoms with Crippen molar-refractivity contribution in [2.75, 3.05) is 25.0 Å². The van der Waals surface area contributed by atoms with E-state index in [0.717, 1.165) is 16.8 Å². The summed E-state index contributed by atoms with van der Waals surface area (Å²) in [7, 11) is 0. The first-order valence-corrected chi connectivity index (χ1v) is 9.07. The molecule has 0 saturated carbocycles. The average molecular weight is 362 g/mol. The molecule has 138 valence electrons. The van der Waals surface area contributed by atoms with Gasteiger partial charge in [0.2, 0.25) is 0 Å². The number of anilines is 1. The summed E-state index contributed by atoms with van der Waals surface area (Å²) in [6, 6.07) is 19.7. The van der Waals surface area contributed by atoms with Crippen LogP contribution < -0.4 is 5.32 Å². The van der Waals surface area contributed by atoms with Crippen LogP contribution in [0.4, 0.5) is 10.5 Å². The minimum Gasteiger partial charge on any atom is -0.370 e. The van der Waals surface area contributed by atoms with E-state index < -0.39 is 0 Å². The largest absolute Gasteiger partial charge is 0.370 e. The van der Waals surface area contributed by atoms with Gasteiger partial charge in [-0.25, -0.2) is 4.79 Å². The monoisotopic (exact) mass is 362 g/mol. The zero-order valence-electron chi connectivity index (χ0n) is 15.0. The van der Waals surface area contributed by atoms with Gasteiger partial charge in [-0.05, 0) is 29.3 Å². The Morgan fingerprint density at radius 3 is 2.67 bits per heavy atom. The Balaban J connectivity index is 1.35. The predicted molar refractivity (Wildman–Crippen MR) is 103 cm³/mol. The van der Waals surface area contributed by atoms with Crippen LogP contribution in [0.2, 0.25) is 0 Å². The van der Waals surface area contributed by atoms with Gasteiger partial charge in [0.1, 0.15) is 6.10 Å². The number of morpholine rings is 1. The third-order valence-electron chi connectivity index (χ3n) is 4.63. The van der Waals surface area contributed by atoms with Crippen molar-refractivity contribution in [3.63, 3.8) is 0 Å². The first-order chi connectivity index (χ1) is 13.3. The van der Waals surface area contributed by atoms with E-state index in [1.165, 1.54) is 0 Å². The van der Waals surface area contributed by atoms with E-state index >= 15 is 0 Å². The van der Waals surface area contributed by atoms with Crippen molar-refractivity contribution in [3.8, 4) is 0 Å². The molecule has 1 aliphatic heterocycles. The maximum atomic E-state index is 12.6. The van der Waals surface area contributed by atoms with Crippen molar-refractivity contribution in [2.45, 2.75) is 12.6 Å². The highest BCUT2D eigenvalue weighted by molar-refractivity contribution is 5.89. The lowest BCUT2D eigenvalue weighted by molar-refractivity contribution is -0.0135. The van der Waals surface area contributed by atoms with E-state index in [-0.39, 0.29) is 12.1 Å². The fourth-order valence-electron chi connectivity index (χ4n) is 3.18. The van der Waals surface area contributed by atoms with Gasteiger partial charge in [-0.15, -0.1) is 0 Å². The molecule has 1 aliphatic rings. The Morgan fingerprint density at radius 1 is 1.11 bits per heavy atom. The SMILES string of the molecule is O=C(Nc1ccc(Cn2cccn2)cc1)N1CCOC(c2ccccc2)C1. The maximum Gasteiger partial charge on any atom is 0.322 e. The van der Waals surface area contributed by atoms with Crippen LogP contribution in [-0.4, -0.2) is 40.4 Å². The molecule has 0 aliphatic carbocycles. The fourth-order valence-corrected chi connectivity index (χ4v) is 3.18. The molecule has 4 rings (SSSR count). The number of carbonyl (C=O) groups excluding carboxylic acids is 1. The van der Waals surface area contributed by atoms with E-state index in [4.69, 9.17) is 4.74 Å². The van der Waals surface area contributed by atoms with Crippen molar-refractivity contribution in [1.82, 2.24) is 14.7 Å². The van der Waals surface area contributed by atoms with E-state index in [0.29, 0.717) is 26.2 Å². The van der Waals surface area contributed by atoms with Crippen LogP contribution in [0.5, 0.6) is 0 Å². The molecule has 1 unspecified atom stereocenters. The number of amides is 2. The zero-order valence-corrected chi connectivity index (χ0v) is 15.0. The molecule has 6 nitrogen and oxygen atoms in total. The molecule has 1 saturated heterocycles. The van der Waals surface area contributed by atoms with Crippen LogP contribution in [0, 0.1) is 0 Å². The molecule has 2 amide bonds. The van der Waals surface area contributed by atoms with Crippen molar-refractivity contribution in [2.24, 2.45) is 0 Å². The average Bonchev–Trinajstić information content (AvgIpc) is 3.23. The van der Waals surface area contributed by atoms with Crippen molar-refractivity contribution < 1.29 is 9.53 Å². The number of benzene rings is 2. The molecule has 2 heterocycles. The summed E-state index contributed by atoms with van der Waals surface area (Å²) in [6.45, 7) is 2.39. The molecule has 6 heteroatoms. The van der Waals surface area contributed by atoms with Gasteiger partial charge in [0.05, 0.1) is 19.7 Å². The van der Waals surface area contributed by atoms with Crippen LogP contribution in [0.25, 0.3) is 0 Å². The second-order valence-electron chi connectivity index (χ2n) is 6.55. The van der Waals surface area contributed by atoms with Gasteiger partial charge in [-0.3, -0.25) is 4.68 Å². The Bertz CT molecular complexity index is 863. The quantitative estimate of drug-likeness (QED) is 0.772. The zero-order chi connectivity index (χ0) is 18.5. The summed E-state index contributed by atoms with van der Waals surface area (Å²) >= 11 is 0. The number of nitrogens with zero attached hydrogens (tertiary/aromatic N) is 3. The van der Waals surface area contributed by atoms with Gasteiger partial charge in [-0.2, -0.15) is 5.10 Å². The van der Waals surface area contributed by atoms with Gasteiger partial charge in [0.15, 0.2) is 0 Å². The van der Waals surface area contributed by atoms with Crippen molar-refractivity contribution >= 4 is 11.7 Å². The first-order valence-electron chi connectivity index (χ1n) is 9.07. The summed E-state index contributed by atoms with van der Waals surface area (Å²) in [5.74, 6) is 0. The van der Waals surface area contributed by atoms with Crippen LogP contribution >= 0.6 is 0 Å². The van der Waals surface area contributed by atoms with Crippen LogP contribution in [0.1, 0.15) is 17.2 Å². The molecule has 0 radical (unpaired) electrons. The van der Waals surface area contributed by atoms with Gasteiger partial charge >= 0.3 is 6.03 Å². The molecule has 1 N–H and O–H groups in total. The Morgan fingerprint density at radius 2 is 1.93 bits per heavy atom. The van der Waals surface area contributed by atoms with Gasteiger partial charge in [0.25, 0.3) is 0 Å². The number of hydrogen-bond donors (Lipinski definition) is 1. The van der Waals surface area contributed by atoms with Gasteiger partial charge in [0, 0.05) is 24.6 Å². The lowest BCUT2D eigenvalue weighted by Crippen LogP contribution is -2.44. The second kappa shape index (κ2) is 8.05. The summed E-state index contributed by atoms with van der Waals surface area (Å²) < 4.78 is 7.70. The lowest BCUT2D eigenvalue weighted by Gasteiger charge is -2.33. The molecular formula is C21H22N4O2. The number of hydrogen-bond acceptors (Lipinski definition) is 3. The topological polar surface area (TPSA) is 59.4 Å². The maximum absolute atomic E-state index is 12.6. The minimum absolute atomic E-state index is 0.0813. The van der Waals surface area contributed by atoms with Crippen molar-refractivity contribution in [1.29, 1.82) is 0 Å². The summed E-state index contributed by atoms with van der Waals surface area (Å²) in [5.41, 5.74) is 3.01. The predicted octanol–water partition coefficient (Wildman–Crippen LogP) is 3.54. The smallest absolute Gasteiger partial charge is 0.322 e. The standard InChI is InChI=1S/C21H22N4O2/c26-21(24-13-14-27-20(16-24)18-5-2-1-3-6-18)23-19-9-7-17(8-10-19)15-25-12-4-11-22-25/h1-12,20H,13-16H2,(H,23,26). The summed E-state index contributed by atoms with van der Waals surface area (Å²) in [4.78, 5) is 14.4. The van der Waals surface area contributed by atoms with E-state index in [9.17, 15) is 4.79 Å². The highest BCUT2D eigenvalue weighted by atomic mass is 16.5. The van der Waals surface area contributed by atoms with Crippen LogP contribution in [-0.2, 0) is 11.3 Å². The lowest BCUT2D eigenvalue weighted by atomic mass is 10.1. The van der Waals surface area contributed by atoms with E-state index in [1.54, 1.807) is 11.1 Å². The molecule has 27 heavy (non-hydrogen) atoms. The number of rotatable bonds is 4. The summed E-state index contributed by atoms with van der Waals surface area (Å²) in [6.07, 6.45) is 3.61. The number of nitrogens with one attached hydrogen (secondary N) is 1. The number of ether oxygens (including phenoxy) is 1. The molecular weight excluding hydrogens is 340 g/mol. The third kappa shape index (κ3) is 4.35. The molecule has 1 aromatic heterocycles. The molecule has 0 spiro atoms. The molecule has 0 bridgehead atoms. The number of urea groups is 1. The highest BCUT2D eigenvalue weighted by Gasteiger charge is 2.25. The molecule has 1 fully saturated rings. The number of carbonyl (C=O) groups is 1. The van der Waals surface area contributed by atoms with Gasteiger partial charge in [-0.1, -0.05) is 42.5 Å². The van der Waals surface area contributed by atoms with E-state index in [2.05, 4.69) is 10.4 Å². The van der Waals surface area contributed by atoms with Crippen LogP contribution in [0.3, 0.4) is 0 Å². The summed E-state index contributed by atoms with van der Waals surface area (Å²) in [5, 5.41) is 7.18. The first kappa shape index (κ1) is 17.3. The van der Waals surface area contributed by atoms with E-state index in [1.807, 2.05) is 71.5 Å². The highest BCUT2D eigenvalue weighted by Crippen LogP contribution is 2.22. The molecule has 2 aromatic carbocycles. The molecule has 1 atom stereocenters. The third-order valence-corrected chi connectivity index (χ3v) is 4.63. The fraction of sp³-hybridized carbons (Fsp3) is 0.238. The Kier molecular flexibility index (Phi) is 5.16. The number of aromatic nitrogens is 2. The van der Waals surface area contributed by atoms with Crippen molar-refractivity contribution in [3.05, 3.63) is 84.2 Å². The van der Waals surface area contributed by atoms with Crippen LogP contribution in [0.15, 0.2) is 73.1 Å². The van der Waals surface area contributed by atoms with Gasteiger partial charge < -0.3 is 15.0 Å². The molecule has 3 aromatic rings.